The SMILES string of the molecule is Cc1ccc(OC(C)CNC(=O)CCBr)cc1. The van der Waals surface area contributed by atoms with Gasteiger partial charge in [-0.05, 0) is 26.0 Å². The van der Waals surface area contributed by atoms with Crippen LogP contribution in [0.15, 0.2) is 24.3 Å². The number of ether oxygens (including phenoxy) is 1. The summed E-state index contributed by atoms with van der Waals surface area (Å²) in [4.78, 5) is 11.2. The molecular weight excluding hydrogens is 282 g/mol. The molecule has 1 aromatic rings. The lowest BCUT2D eigenvalue weighted by Crippen LogP contribution is -2.33. The van der Waals surface area contributed by atoms with Gasteiger partial charge in [-0.15, -0.1) is 0 Å². The molecule has 0 heterocycles. The van der Waals surface area contributed by atoms with Crippen molar-refractivity contribution >= 4 is 21.8 Å². The molecule has 1 unspecified atom stereocenters. The molecule has 1 N–H and O–H groups in total. The van der Waals surface area contributed by atoms with E-state index < -0.39 is 0 Å². The van der Waals surface area contributed by atoms with Crippen LogP contribution in [-0.4, -0.2) is 23.9 Å². The van der Waals surface area contributed by atoms with E-state index in [1.807, 2.05) is 38.1 Å². The number of hydrogen-bond donors (Lipinski definition) is 1. The number of aryl methyl sites for hydroxylation is 1. The number of rotatable bonds is 6. The fourth-order valence-electron chi connectivity index (χ4n) is 1.32. The first kappa shape index (κ1) is 14.0. The molecule has 4 heteroatoms. The van der Waals surface area contributed by atoms with Crippen molar-refractivity contribution < 1.29 is 9.53 Å². The summed E-state index contributed by atoms with van der Waals surface area (Å²) in [5.74, 6) is 0.874. The Hall–Kier alpha value is -1.03. The number of alkyl halides is 1. The third-order valence-electron chi connectivity index (χ3n) is 2.27. The van der Waals surface area contributed by atoms with E-state index in [0.29, 0.717) is 18.3 Å². The minimum atomic E-state index is -0.0306. The lowest BCUT2D eigenvalue weighted by atomic mass is 10.2. The predicted octanol–water partition coefficient (Wildman–Crippen LogP) is 2.66. The van der Waals surface area contributed by atoms with E-state index in [1.54, 1.807) is 0 Å². The minimum Gasteiger partial charge on any atom is -0.489 e. The highest BCUT2D eigenvalue weighted by Crippen LogP contribution is 2.12. The van der Waals surface area contributed by atoms with Gasteiger partial charge in [0, 0.05) is 11.8 Å². The molecule has 0 aliphatic rings. The maximum atomic E-state index is 11.2. The summed E-state index contributed by atoms with van der Waals surface area (Å²) < 4.78 is 5.67. The molecule has 1 atom stereocenters. The fraction of sp³-hybridized carbons (Fsp3) is 0.462. The Labute approximate surface area is 111 Å². The molecule has 1 aromatic carbocycles. The van der Waals surface area contributed by atoms with Gasteiger partial charge < -0.3 is 10.1 Å². The number of benzene rings is 1. The van der Waals surface area contributed by atoms with Crippen LogP contribution in [0.3, 0.4) is 0 Å². The summed E-state index contributed by atoms with van der Waals surface area (Å²) in [6.07, 6.45) is 0.467. The summed E-state index contributed by atoms with van der Waals surface area (Å²) in [5.41, 5.74) is 1.20. The van der Waals surface area contributed by atoms with Crippen molar-refractivity contribution in [1.29, 1.82) is 0 Å². The lowest BCUT2D eigenvalue weighted by Gasteiger charge is -2.15. The van der Waals surface area contributed by atoms with Crippen molar-refractivity contribution in [1.82, 2.24) is 5.32 Å². The molecule has 0 saturated heterocycles. The Bertz CT molecular complexity index is 351. The molecule has 0 bridgehead atoms. The van der Waals surface area contributed by atoms with Gasteiger partial charge in [0.25, 0.3) is 0 Å². The van der Waals surface area contributed by atoms with E-state index in [0.717, 1.165) is 5.75 Å². The highest BCUT2D eigenvalue weighted by molar-refractivity contribution is 9.09. The standard InChI is InChI=1S/C13H18BrNO2/c1-10-3-5-12(6-4-10)17-11(2)9-15-13(16)7-8-14/h3-6,11H,7-9H2,1-2H3,(H,15,16). The van der Waals surface area contributed by atoms with Gasteiger partial charge in [0.2, 0.25) is 5.91 Å². The number of nitrogens with one attached hydrogen (secondary N) is 1. The topological polar surface area (TPSA) is 38.3 Å². The van der Waals surface area contributed by atoms with Crippen molar-refractivity contribution in [3.63, 3.8) is 0 Å². The zero-order valence-corrected chi connectivity index (χ0v) is 11.8. The number of amides is 1. The summed E-state index contributed by atoms with van der Waals surface area (Å²) in [6, 6.07) is 7.88. The highest BCUT2D eigenvalue weighted by Gasteiger charge is 2.06. The highest BCUT2D eigenvalue weighted by atomic mass is 79.9. The van der Waals surface area contributed by atoms with Crippen LogP contribution in [0.25, 0.3) is 0 Å². The Morgan fingerprint density at radius 1 is 1.41 bits per heavy atom. The van der Waals surface area contributed by atoms with Crippen molar-refractivity contribution in [2.75, 3.05) is 11.9 Å². The average molecular weight is 300 g/mol. The Morgan fingerprint density at radius 2 is 2.06 bits per heavy atom. The summed E-state index contributed by atoms with van der Waals surface area (Å²) in [7, 11) is 0. The number of halogens is 1. The van der Waals surface area contributed by atoms with Gasteiger partial charge >= 0.3 is 0 Å². The van der Waals surface area contributed by atoms with E-state index in [-0.39, 0.29) is 12.0 Å². The molecular formula is C13H18BrNO2. The molecule has 0 radical (unpaired) electrons. The normalized spacial score (nSPS) is 11.9. The van der Waals surface area contributed by atoms with Gasteiger partial charge in [0.15, 0.2) is 0 Å². The largest absolute Gasteiger partial charge is 0.489 e. The third kappa shape index (κ3) is 5.73. The smallest absolute Gasteiger partial charge is 0.220 e. The molecule has 0 spiro atoms. The van der Waals surface area contributed by atoms with Crippen LogP contribution < -0.4 is 10.1 Å². The number of hydrogen-bond acceptors (Lipinski definition) is 2. The Balaban J connectivity index is 2.31. The number of carbonyl (C=O) groups excluding carboxylic acids is 1. The van der Waals surface area contributed by atoms with Gasteiger partial charge in [0.1, 0.15) is 11.9 Å². The van der Waals surface area contributed by atoms with Crippen LogP contribution in [0.1, 0.15) is 18.9 Å². The van der Waals surface area contributed by atoms with Gasteiger partial charge in [-0.1, -0.05) is 33.6 Å². The molecule has 0 aliphatic heterocycles. The van der Waals surface area contributed by atoms with Crippen LogP contribution in [0.2, 0.25) is 0 Å². The lowest BCUT2D eigenvalue weighted by molar-refractivity contribution is -0.121. The van der Waals surface area contributed by atoms with Crippen LogP contribution in [0.5, 0.6) is 5.75 Å². The maximum Gasteiger partial charge on any atom is 0.220 e. The first-order chi connectivity index (χ1) is 8.11. The second-order valence-electron chi connectivity index (χ2n) is 3.98. The molecule has 1 rings (SSSR count). The molecule has 0 aromatic heterocycles. The predicted molar refractivity (Wildman–Crippen MR) is 72.7 cm³/mol. The molecule has 0 fully saturated rings. The van der Waals surface area contributed by atoms with Crippen molar-refractivity contribution in [2.45, 2.75) is 26.4 Å². The monoisotopic (exact) mass is 299 g/mol. The molecule has 0 saturated carbocycles. The second kappa shape index (κ2) is 7.33. The van der Waals surface area contributed by atoms with Gasteiger partial charge in [0.05, 0.1) is 6.54 Å². The molecule has 3 nitrogen and oxygen atoms in total. The molecule has 0 aliphatic carbocycles. The Kier molecular flexibility index (Phi) is 6.05. The van der Waals surface area contributed by atoms with Crippen LogP contribution in [0, 0.1) is 6.92 Å². The van der Waals surface area contributed by atoms with Crippen molar-refractivity contribution in [3.05, 3.63) is 29.8 Å². The number of carbonyl (C=O) groups is 1. The first-order valence-corrected chi connectivity index (χ1v) is 6.80. The van der Waals surface area contributed by atoms with E-state index in [1.165, 1.54) is 5.56 Å². The van der Waals surface area contributed by atoms with Gasteiger partial charge in [-0.2, -0.15) is 0 Å². The average Bonchev–Trinajstić information content (AvgIpc) is 2.30. The third-order valence-corrected chi connectivity index (χ3v) is 2.66. The summed E-state index contributed by atoms with van der Waals surface area (Å²) in [6.45, 7) is 4.50. The summed E-state index contributed by atoms with van der Waals surface area (Å²) in [5, 5.41) is 3.51. The van der Waals surface area contributed by atoms with E-state index in [2.05, 4.69) is 21.2 Å². The maximum absolute atomic E-state index is 11.2. The van der Waals surface area contributed by atoms with E-state index in [9.17, 15) is 4.79 Å². The minimum absolute atomic E-state index is 0.0306. The van der Waals surface area contributed by atoms with E-state index >= 15 is 0 Å². The van der Waals surface area contributed by atoms with Crippen LogP contribution >= 0.6 is 15.9 Å². The van der Waals surface area contributed by atoms with Crippen LogP contribution in [-0.2, 0) is 4.79 Å². The second-order valence-corrected chi connectivity index (χ2v) is 4.78. The van der Waals surface area contributed by atoms with Crippen molar-refractivity contribution in [3.8, 4) is 5.75 Å². The molecule has 17 heavy (non-hydrogen) atoms. The van der Waals surface area contributed by atoms with Gasteiger partial charge in [-0.25, -0.2) is 0 Å². The Morgan fingerprint density at radius 3 is 2.65 bits per heavy atom. The quantitative estimate of drug-likeness (QED) is 0.820. The zero-order chi connectivity index (χ0) is 12.7. The summed E-state index contributed by atoms with van der Waals surface area (Å²) >= 11 is 3.23. The zero-order valence-electron chi connectivity index (χ0n) is 10.2. The molecule has 1 amide bonds. The van der Waals surface area contributed by atoms with Gasteiger partial charge in [-0.3, -0.25) is 4.79 Å². The first-order valence-electron chi connectivity index (χ1n) is 5.68. The molecule has 94 valence electrons. The van der Waals surface area contributed by atoms with E-state index in [4.69, 9.17) is 4.74 Å². The van der Waals surface area contributed by atoms with Crippen molar-refractivity contribution in [2.24, 2.45) is 0 Å². The van der Waals surface area contributed by atoms with Crippen LogP contribution in [0.4, 0.5) is 0 Å². The fourth-order valence-corrected chi connectivity index (χ4v) is 1.68.